The average Bonchev–Trinajstić information content (AvgIpc) is 2.35. The molecule has 2 N–H and O–H groups in total. The van der Waals surface area contributed by atoms with Crippen molar-refractivity contribution in [2.45, 2.75) is 37.8 Å². The summed E-state index contributed by atoms with van der Waals surface area (Å²) in [5, 5.41) is 0.712. The van der Waals surface area contributed by atoms with Crippen LogP contribution >= 0.6 is 11.8 Å². The maximum Gasteiger partial charge on any atom is 0.123 e. The van der Waals surface area contributed by atoms with Gasteiger partial charge in [0.15, 0.2) is 0 Å². The lowest BCUT2D eigenvalue weighted by molar-refractivity contribution is 0.409. The van der Waals surface area contributed by atoms with Gasteiger partial charge >= 0.3 is 0 Å². The molecule has 90 valence electrons. The van der Waals surface area contributed by atoms with Crippen molar-refractivity contribution in [2.24, 2.45) is 5.73 Å². The topological polar surface area (TPSA) is 35.2 Å². The van der Waals surface area contributed by atoms with Gasteiger partial charge in [-0.05, 0) is 24.1 Å². The molecular weight excluding hydrogens is 218 g/mol. The molecule has 0 aliphatic rings. The van der Waals surface area contributed by atoms with Gasteiger partial charge in [0.05, 0.1) is 7.11 Å². The van der Waals surface area contributed by atoms with Gasteiger partial charge in [-0.2, -0.15) is 11.8 Å². The number of benzene rings is 1. The van der Waals surface area contributed by atoms with Crippen molar-refractivity contribution in [1.29, 1.82) is 0 Å². The van der Waals surface area contributed by atoms with Crippen LogP contribution in [0, 0.1) is 0 Å². The third kappa shape index (κ3) is 3.72. The predicted molar refractivity (Wildman–Crippen MR) is 71.9 cm³/mol. The van der Waals surface area contributed by atoms with Crippen LogP contribution in [0.4, 0.5) is 0 Å². The molecule has 0 saturated heterocycles. The molecule has 0 saturated carbocycles. The molecule has 0 aromatic heterocycles. The lowest BCUT2D eigenvalue weighted by Crippen LogP contribution is -2.01. The Balaban J connectivity index is 2.67. The normalized spacial score (nSPS) is 12.5. The molecular formula is C13H21NOS. The molecule has 1 atom stereocenters. The summed E-state index contributed by atoms with van der Waals surface area (Å²) in [6, 6.07) is 6.27. The van der Waals surface area contributed by atoms with Crippen molar-refractivity contribution >= 4 is 11.8 Å². The predicted octanol–water partition coefficient (Wildman–Crippen LogP) is 3.19. The number of hydrogen-bond acceptors (Lipinski definition) is 3. The molecule has 0 fully saturated rings. The Labute approximate surface area is 103 Å². The monoisotopic (exact) mass is 239 g/mol. The molecule has 3 heteroatoms. The Morgan fingerprint density at radius 3 is 2.75 bits per heavy atom. The highest BCUT2D eigenvalue weighted by Gasteiger charge is 2.04. The third-order valence-corrected chi connectivity index (χ3v) is 4.08. The Morgan fingerprint density at radius 1 is 1.44 bits per heavy atom. The molecule has 0 radical (unpaired) electrons. The molecule has 0 amide bonds. The van der Waals surface area contributed by atoms with E-state index in [9.17, 15) is 0 Å². The second kappa shape index (κ2) is 6.81. The van der Waals surface area contributed by atoms with Gasteiger partial charge in [0.25, 0.3) is 0 Å². The summed E-state index contributed by atoms with van der Waals surface area (Å²) < 4.78 is 5.25. The fourth-order valence-corrected chi connectivity index (χ4v) is 2.33. The van der Waals surface area contributed by atoms with Gasteiger partial charge in [-0.15, -0.1) is 0 Å². The largest absolute Gasteiger partial charge is 0.496 e. The second-order valence-corrected chi connectivity index (χ2v) is 5.31. The SMILES string of the molecule is CCC(C)SCc1ccc(OC)c(CN)c1. The first kappa shape index (κ1) is 13.4. The lowest BCUT2D eigenvalue weighted by Gasteiger charge is -2.11. The van der Waals surface area contributed by atoms with Crippen molar-refractivity contribution in [2.75, 3.05) is 7.11 Å². The Hall–Kier alpha value is -0.670. The smallest absolute Gasteiger partial charge is 0.123 e. The molecule has 0 aliphatic heterocycles. The van der Waals surface area contributed by atoms with Crippen LogP contribution in [0.25, 0.3) is 0 Å². The number of ether oxygens (including phenoxy) is 1. The van der Waals surface area contributed by atoms with Crippen LogP contribution in [0.2, 0.25) is 0 Å². The first-order valence-electron chi connectivity index (χ1n) is 5.68. The van der Waals surface area contributed by atoms with Crippen molar-refractivity contribution < 1.29 is 4.74 Å². The third-order valence-electron chi connectivity index (χ3n) is 2.67. The molecule has 16 heavy (non-hydrogen) atoms. The van der Waals surface area contributed by atoms with Crippen LogP contribution in [0.5, 0.6) is 5.75 Å². The highest BCUT2D eigenvalue weighted by Crippen LogP contribution is 2.24. The quantitative estimate of drug-likeness (QED) is 0.828. The van der Waals surface area contributed by atoms with Crippen LogP contribution in [0.1, 0.15) is 31.4 Å². The van der Waals surface area contributed by atoms with E-state index >= 15 is 0 Å². The van der Waals surface area contributed by atoms with Gasteiger partial charge in [0.2, 0.25) is 0 Å². The van der Waals surface area contributed by atoms with E-state index in [1.807, 2.05) is 17.8 Å². The minimum atomic E-state index is 0.533. The Bertz CT molecular complexity index is 328. The molecule has 1 unspecified atom stereocenters. The minimum Gasteiger partial charge on any atom is -0.496 e. The highest BCUT2D eigenvalue weighted by atomic mass is 32.2. The van der Waals surface area contributed by atoms with Crippen LogP contribution < -0.4 is 10.5 Å². The van der Waals surface area contributed by atoms with Crippen LogP contribution in [-0.4, -0.2) is 12.4 Å². The van der Waals surface area contributed by atoms with Gasteiger partial charge in [0, 0.05) is 23.1 Å². The standard InChI is InChI=1S/C13H21NOS/c1-4-10(2)16-9-11-5-6-13(15-3)12(7-11)8-14/h5-7,10H,4,8-9,14H2,1-3H3. The second-order valence-electron chi connectivity index (χ2n) is 3.88. The highest BCUT2D eigenvalue weighted by molar-refractivity contribution is 7.99. The van der Waals surface area contributed by atoms with E-state index in [0.29, 0.717) is 11.8 Å². The van der Waals surface area contributed by atoms with E-state index in [2.05, 4.69) is 26.0 Å². The van der Waals surface area contributed by atoms with E-state index < -0.39 is 0 Å². The summed E-state index contributed by atoms with van der Waals surface area (Å²) in [6.07, 6.45) is 1.21. The molecule has 0 aliphatic carbocycles. The number of methoxy groups -OCH3 is 1. The van der Waals surface area contributed by atoms with Crippen LogP contribution in [0.15, 0.2) is 18.2 Å². The molecule has 0 heterocycles. The van der Waals surface area contributed by atoms with E-state index in [1.54, 1.807) is 7.11 Å². The molecule has 1 aromatic rings. The van der Waals surface area contributed by atoms with E-state index in [4.69, 9.17) is 10.5 Å². The number of thioether (sulfide) groups is 1. The molecule has 2 nitrogen and oxygen atoms in total. The first-order valence-corrected chi connectivity index (χ1v) is 6.73. The van der Waals surface area contributed by atoms with E-state index in [-0.39, 0.29) is 0 Å². The van der Waals surface area contributed by atoms with Gasteiger partial charge in [-0.25, -0.2) is 0 Å². The van der Waals surface area contributed by atoms with Gasteiger partial charge < -0.3 is 10.5 Å². The summed E-state index contributed by atoms with van der Waals surface area (Å²) >= 11 is 1.98. The van der Waals surface area contributed by atoms with Crippen molar-refractivity contribution in [3.63, 3.8) is 0 Å². The summed E-state index contributed by atoms with van der Waals surface area (Å²) in [6.45, 7) is 5.01. The zero-order chi connectivity index (χ0) is 12.0. The first-order chi connectivity index (χ1) is 7.71. The molecule has 0 spiro atoms. The Kier molecular flexibility index (Phi) is 5.71. The fraction of sp³-hybridized carbons (Fsp3) is 0.538. The zero-order valence-corrected chi connectivity index (χ0v) is 11.1. The van der Waals surface area contributed by atoms with Gasteiger partial charge in [-0.3, -0.25) is 0 Å². The molecule has 1 rings (SSSR count). The maximum absolute atomic E-state index is 5.69. The summed E-state index contributed by atoms with van der Waals surface area (Å²) in [4.78, 5) is 0. The van der Waals surface area contributed by atoms with Crippen molar-refractivity contribution in [3.8, 4) is 5.75 Å². The fourth-order valence-electron chi connectivity index (χ4n) is 1.44. The summed E-state index contributed by atoms with van der Waals surface area (Å²) in [7, 11) is 1.68. The number of nitrogens with two attached hydrogens (primary N) is 1. The molecule has 0 bridgehead atoms. The Morgan fingerprint density at radius 2 is 2.19 bits per heavy atom. The van der Waals surface area contributed by atoms with Crippen LogP contribution in [-0.2, 0) is 12.3 Å². The number of rotatable bonds is 6. The zero-order valence-electron chi connectivity index (χ0n) is 10.3. The van der Waals surface area contributed by atoms with Crippen molar-refractivity contribution in [3.05, 3.63) is 29.3 Å². The summed E-state index contributed by atoms with van der Waals surface area (Å²) in [5.41, 5.74) is 8.10. The van der Waals surface area contributed by atoms with Gasteiger partial charge in [-0.1, -0.05) is 19.9 Å². The van der Waals surface area contributed by atoms with Crippen molar-refractivity contribution in [1.82, 2.24) is 0 Å². The van der Waals surface area contributed by atoms with E-state index in [0.717, 1.165) is 17.1 Å². The lowest BCUT2D eigenvalue weighted by atomic mass is 10.1. The van der Waals surface area contributed by atoms with Gasteiger partial charge in [0.1, 0.15) is 5.75 Å². The number of hydrogen-bond donors (Lipinski definition) is 1. The minimum absolute atomic E-state index is 0.533. The summed E-state index contributed by atoms with van der Waals surface area (Å²) in [5.74, 6) is 1.94. The maximum atomic E-state index is 5.69. The van der Waals surface area contributed by atoms with Crippen LogP contribution in [0.3, 0.4) is 0 Å². The van der Waals surface area contributed by atoms with E-state index in [1.165, 1.54) is 12.0 Å². The average molecular weight is 239 g/mol. The molecule has 1 aromatic carbocycles.